The molecule has 3 aromatic carbocycles. The Kier molecular flexibility index (Phi) is 8.60. The van der Waals surface area contributed by atoms with Crippen LogP contribution in [0.15, 0.2) is 70.7 Å². The van der Waals surface area contributed by atoms with Gasteiger partial charge in [0.05, 0.1) is 9.50 Å². The molecular formula is C24H16BrCl3N2O2. The first-order valence-electron chi connectivity index (χ1n) is 9.37. The second-order valence-electron chi connectivity index (χ2n) is 6.68. The molecule has 32 heavy (non-hydrogen) atoms. The topological polar surface area (TPSA) is 62.1 Å². The van der Waals surface area contributed by atoms with Gasteiger partial charge in [0.15, 0.2) is 5.75 Å². The first kappa shape index (κ1) is 24.2. The summed E-state index contributed by atoms with van der Waals surface area (Å²) < 4.78 is 6.40. The molecular weight excluding hydrogens is 535 g/mol. The molecule has 0 fully saturated rings. The highest BCUT2D eigenvalue weighted by molar-refractivity contribution is 9.10. The van der Waals surface area contributed by atoms with Crippen molar-refractivity contribution in [1.82, 2.24) is 5.32 Å². The van der Waals surface area contributed by atoms with Crippen molar-refractivity contribution in [2.75, 3.05) is 0 Å². The summed E-state index contributed by atoms with van der Waals surface area (Å²) in [5.74, 6) is -0.0526. The summed E-state index contributed by atoms with van der Waals surface area (Å²) in [5, 5.41) is 13.5. The Morgan fingerprint density at radius 1 is 1.06 bits per heavy atom. The zero-order valence-corrected chi connectivity index (χ0v) is 20.4. The predicted octanol–water partition coefficient (Wildman–Crippen LogP) is 7.21. The van der Waals surface area contributed by atoms with Gasteiger partial charge >= 0.3 is 0 Å². The van der Waals surface area contributed by atoms with Crippen LogP contribution in [0.1, 0.15) is 16.7 Å². The van der Waals surface area contributed by atoms with Crippen molar-refractivity contribution in [3.63, 3.8) is 0 Å². The van der Waals surface area contributed by atoms with Crippen molar-refractivity contribution in [2.24, 2.45) is 0 Å². The Bertz CT molecular complexity index is 1180. The number of amides is 1. The lowest BCUT2D eigenvalue weighted by molar-refractivity contribution is -0.117. The Hall–Kier alpha value is -2.49. The summed E-state index contributed by atoms with van der Waals surface area (Å²) in [4.78, 5) is 12.4. The van der Waals surface area contributed by atoms with Crippen molar-refractivity contribution < 1.29 is 9.53 Å². The molecule has 1 amide bonds. The number of carbonyl (C=O) groups excluding carboxylic acids is 1. The van der Waals surface area contributed by atoms with E-state index in [4.69, 9.17) is 39.5 Å². The molecule has 8 heteroatoms. The second-order valence-corrected chi connectivity index (χ2v) is 8.78. The average molecular weight is 551 g/mol. The van der Waals surface area contributed by atoms with Gasteiger partial charge in [0.2, 0.25) is 0 Å². The van der Waals surface area contributed by atoms with Crippen molar-refractivity contribution in [2.45, 2.75) is 13.2 Å². The monoisotopic (exact) mass is 548 g/mol. The summed E-state index contributed by atoms with van der Waals surface area (Å²) >= 11 is 21.9. The van der Waals surface area contributed by atoms with E-state index in [0.717, 1.165) is 11.1 Å². The van der Waals surface area contributed by atoms with Gasteiger partial charge in [0.1, 0.15) is 18.2 Å². The summed E-state index contributed by atoms with van der Waals surface area (Å²) in [6.07, 6.45) is 1.47. The lowest BCUT2D eigenvalue weighted by atomic mass is 10.1. The number of hydrogen-bond donors (Lipinski definition) is 1. The van der Waals surface area contributed by atoms with E-state index in [1.54, 1.807) is 30.3 Å². The molecule has 162 valence electrons. The van der Waals surface area contributed by atoms with Crippen molar-refractivity contribution in [1.29, 1.82) is 5.26 Å². The standard InChI is InChI=1S/C24H16BrCl3N2O2/c25-20-9-16(8-18(12-29)24(31)30-13-15-4-2-1-3-5-15)10-22(28)23(20)32-14-17-6-7-19(26)11-21(17)27/h1-11H,13-14H2,(H,30,31)/b18-8-. The van der Waals surface area contributed by atoms with Crippen LogP contribution >= 0.6 is 50.7 Å². The van der Waals surface area contributed by atoms with E-state index in [2.05, 4.69) is 21.2 Å². The highest BCUT2D eigenvalue weighted by Gasteiger charge is 2.13. The molecule has 0 atom stereocenters. The van der Waals surface area contributed by atoms with Crippen molar-refractivity contribution in [3.05, 3.63) is 102 Å². The molecule has 0 aliphatic carbocycles. The Morgan fingerprint density at radius 2 is 1.81 bits per heavy atom. The van der Waals surface area contributed by atoms with Crippen molar-refractivity contribution >= 4 is 62.7 Å². The fourth-order valence-corrected chi connectivity index (χ4v) is 4.23. The zero-order chi connectivity index (χ0) is 23.1. The minimum Gasteiger partial charge on any atom is -0.486 e. The lowest BCUT2D eigenvalue weighted by Gasteiger charge is -2.12. The normalized spacial score (nSPS) is 11.0. The minimum absolute atomic E-state index is 0.0366. The van der Waals surface area contributed by atoms with Crippen LogP contribution in [0.4, 0.5) is 0 Å². The maximum atomic E-state index is 12.4. The molecule has 0 unspecified atom stereocenters. The second kappa shape index (κ2) is 11.4. The number of rotatable bonds is 7. The van der Waals surface area contributed by atoms with Gasteiger partial charge in [0.25, 0.3) is 5.91 Å². The van der Waals surface area contributed by atoms with Gasteiger partial charge in [-0.25, -0.2) is 0 Å². The van der Waals surface area contributed by atoms with E-state index in [0.29, 0.717) is 37.4 Å². The number of halogens is 4. The van der Waals surface area contributed by atoms with Crippen LogP contribution in [0.5, 0.6) is 5.75 Å². The highest BCUT2D eigenvalue weighted by Crippen LogP contribution is 2.36. The number of benzene rings is 3. The van der Waals surface area contributed by atoms with Gasteiger partial charge < -0.3 is 10.1 Å². The van der Waals surface area contributed by atoms with Gasteiger partial charge in [-0.15, -0.1) is 0 Å². The Labute approximate surface area is 209 Å². The van der Waals surface area contributed by atoms with E-state index in [1.807, 2.05) is 36.4 Å². The number of nitriles is 1. The fourth-order valence-electron chi connectivity index (χ4n) is 2.78. The smallest absolute Gasteiger partial charge is 0.262 e. The van der Waals surface area contributed by atoms with Gasteiger partial charge in [-0.05, 0) is 57.4 Å². The molecule has 1 N–H and O–H groups in total. The third-order valence-corrected chi connectivity index (χ3v) is 5.84. The van der Waals surface area contributed by atoms with Gasteiger partial charge in [-0.2, -0.15) is 5.26 Å². The Morgan fingerprint density at radius 3 is 2.47 bits per heavy atom. The highest BCUT2D eigenvalue weighted by atomic mass is 79.9. The number of ether oxygens (including phenoxy) is 1. The number of carbonyl (C=O) groups is 1. The largest absolute Gasteiger partial charge is 0.486 e. The molecule has 4 nitrogen and oxygen atoms in total. The molecule has 0 saturated heterocycles. The van der Waals surface area contributed by atoms with Gasteiger partial charge in [0, 0.05) is 22.2 Å². The molecule has 3 aromatic rings. The molecule has 0 spiro atoms. The molecule has 0 aliphatic rings. The number of hydrogen-bond acceptors (Lipinski definition) is 3. The summed E-state index contributed by atoms with van der Waals surface area (Å²) in [6.45, 7) is 0.512. The summed E-state index contributed by atoms with van der Waals surface area (Å²) in [7, 11) is 0. The molecule has 0 aliphatic heterocycles. The Balaban J connectivity index is 1.72. The van der Waals surface area contributed by atoms with Crippen LogP contribution in [0.3, 0.4) is 0 Å². The van der Waals surface area contributed by atoms with Crippen LogP contribution in [-0.4, -0.2) is 5.91 Å². The fraction of sp³-hybridized carbons (Fsp3) is 0.0833. The third kappa shape index (κ3) is 6.51. The molecule has 0 saturated carbocycles. The van der Waals surface area contributed by atoms with Gasteiger partial charge in [-0.1, -0.05) is 71.2 Å². The number of nitrogens with zero attached hydrogens (tertiary/aromatic N) is 1. The van der Waals surface area contributed by atoms with Crippen molar-refractivity contribution in [3.8, 4) is 11.8 Å². The van der Waals surface area contributed by atoms with E-state index in [9.17, 15) is 10.1 Å². The maximum absolute atomic E-state index is 12.4. The first-order chi connectivity index (χ1) is 15.4. The van der Waals surface area contributed by atoms with E-state index < -0.39 is 5.91 Å². The molecule has 0 heterocycles. The van der Waals surface area contributed by atoms with Crippen LogP contribution in [0, 0.1) is 11.3 Å². The van der Waals surface area contributed by atoms with Crippen LogP contribution in [0.2, 0.25) is 15.1 Å². The first-order valence-corrected chi connectivity index (χ1v) is 11.3. The number of nitrogens with one attached hydrogen (secondary N) is 1. The molecule has 0 radical (unpaired) electrons. The molecule has 0 bridgehead atoms. The minimum atomic E-state index is -0.471. The predicted molar refractivity (Wildman–Crippen MR) is 132 cm³/mol. The molecule has 3 rings (SSSR count). The van der Waals surface area contributed by atoms with Crippen LogP contribution < -0.4 is 10.1 Å². The van der Waals surface area contributed by atoms with E-state index in [-0.39, 0.29) is 12.2 Å². The average Bonchev–Trinajstić information content (AvgIpc) is 2.77. The van der Waals surface area contributed by atoms with Crippen LogP contribution in [-0.2, 0) is 17.9 Å². The zero-order valence-electron chi connectivity index (χ0n) is 16.5. The molecule has 0 aromatic heterocycles. The van der Waals surface area contributed by atoms with Crippen LogP contribution in [0.25, 0.3) is 6.08 Å². The quantitative estimate of drug-likeness (QED) is 0.250. The summed E-state index contributed by atoms with van der Waals surface area (Å²) in [5.41, 5.74) is 2.23. The van der Waals surface area contributed by atoms with E-state index >= 15 is 0 Å². The summed E-state index contributed by atoms with van der Waals surface area (Å²) in [6, 6.07) is 19.8. The van der Waals surface area contributed by atoms with E-state index in [1.165, 1.54) is 6.08 Å². The third-order valence-electron chi connectivity index (χ3n) is 4.38. The maximum Gasteiger partial charge on any atom is 0.262 e. The lowest BCUT2D eigenvalue weighted by Crippen LogP contribution is -2.23. The SMILES string of the molecule is N#C/C(=C/c1cc(Cl)c(OCc2ccc(Cl)cc2Cl)c(Br)c1)C(=O)NCc1ccccc1. The van der Waals surface area contributed by atoms with Gasteiger partial charge in [-0.3, -0.25) is 4.79 Å².